The van der Waals surface area contributed by atoms with Crippen LogP contribution in [0, 0.1) is 0 Å². The Morgan fingerprint density at radius 3 is 2.77 bits per heavy atom. The molecule has 3 rings (SSSR count). The first-order valence-electron chi connectivity index (χ1n) is 9.01. The highest BCUT2D eigenvalue weighted by atomic mass is 16.2. The topological polar surface area (TPSA) is 93.3 Å². The second kappa shape index (κ2) is 8.62. The summed E-state index contributed by atoms with van der Waals surface area (Å²) in [6.07, 6.45) is 4.15. The summed E-state index contributed by atoms with van der Waals surface area (Å²) in [6.45, 7) is 2.60. The van der Waals surface area contributed by atoms with Crippen molar-refractivity contribution in [3.05, 3.63) is 53.9 Å². The summed E-state index contributed by atoms with van der Waals surface area (Å²) in [7, 11) is 0. The van der Waals surface area contributed by atoms with Gasteiger partial charge in [-0.25, -0.2) is 0 Å². The molecule has 2 amide bonds. The lowest BCUT2D eigenvalue weighted by Gasteiger charge is -2.23. The van der Waals surface area contributed by atoms with Gasteiger partial charge in [0.25, 0.3) is 5.91 Å². The Morgan fingerprint density at radius 1 is 1.27 bits per heavy atom. The summed E-state index contributed by atoms with van der Waals surface area (Å²) in [4.78, 5) is 25.8. The predicted molar refractivity (Wildman–Crippen MR) is 98.4 cm³/mol. The van der Waals surface area contributed by atoms with E-state index >= 15 is 0 Å². The van der Waals surface area contributed by atoms with Crippen molar-refractivity contribution >= 4 is 11.8 Å². The minimum Gasteiger partial charge on any atom is -0.370 e. The van der Waals surface area contributed by atoms with Gasteiger partial charge in [-0.2, -0.15) is 5.10 Å². The molecule has 7 nitrogen and oxygen atoms in total. The Balaban J connectivity index is 1.73. The number of carbonyl (C=O) groups excluding carboxylic acids is 2. The van der Waals surface area contributed by atoms with Gasteiger partial charge in [0.2, 0.25) is 5.91 Å². The molecule has 26 heavy (non-hydrogen) atoms. The zero-order valence-electron chi connectivity index (χ0n) is 14.8. The van der Waals surface area contributed by atoms with Gasteiger partial charge in [-0.05, 0) is 31.0 Å². The van der Waals surface area contributed by atoms with Gasteiger partial charge in [0.1, 0.15) is 5.69 Å². The van der Waals surface area contributed by atoms with Crippen LogP contribution in [-0.2, 0) is 11.3 Å². The third-order valence-electron chi connectivity index (χ3n) is 4.60. The molecule has 3 N–H and O–H groups in total. The lowest BCUT2D eigenvalue weighted by molar-refractivity contribution is -0.118. The fourth-order valence-corrected chi connectivity index (χ4v) is 3.18. The van der Waals surface area contributed by atoms with E-state index < -0.39 is 5.91 Å². The number of carbonyl (C=O) groups is 2. The molecule has 2 heterocycles. The maximum absolute atomic E-state index is 12.9. The Kier molecular flexibility index (Phi) is 6.01. The number of aromatic nitrogens is 2. The number of nitrogens with zero attached hydrogens (tertiary/aromatic N) is 3. The fraction of sp³-hybridized carbons (Fsp3) is 0.421. The van der Waals surface area contributed by atoms with E-state index in [0.29, 0.717) is 12.2 Å². The maximum Gasteiger partial charge on any atom is 0.274 e. The van der Waals surface area contributed by atoms with Crippen molar-refractivity contribution in [3.8, 4) is 0 Å². The Hall–Kier alpha value is -2.67. The van der Waals surface area contributed by atoms with Crippen LogP contribution in [0.3, 0.4) is 0 Å². The van der Waals surface area contributed by atoms with Gasteiger partial charge in [0.15, 0.2) is 0 Å². The zero-order valence-corrected chi connectivity index (χ0v) is 14.8. The molecule has 0 spiro atoms. The number of hydrogen-bond donors (Lipinski definition) is 2. The average molecular weight is 355 g/mol. The SMILES string of the molecule is NC(=O)CCN(Cc1ccccc1)C(=O)c1ccn(C2CCCNC2)n1. The van der Waals surface area contributed by atoms with Crippen LogP contribution in [0.2, 0.25) is 0 Å². The Bertz CT molecular complexity index is 737. The largest absolute Gasteiger partial charge is 0.370 e. The molecule has 1 aliphatic heterocycles. The van der Waals surface area contributed by atoms with E-state index in [0.717, 1.165) is 31.5 Å². The summed E-state index contributed by atoms with van der Waals surface area (Å²) in [6, 6.07) is 11.7. The summed E-state index contributed by atoms with van der Waals surface area (Å²) < 4.78 is 1.87. The van der Waals surface area contributed by atoms with Crippen molar-refractivity contribution in [2.75, 3.05) is 19.6 Å². The van der Waals surface area contributed by atoms with Crippen LogP contribution in [0.1, 0.15) is 41.4 Å². The minimum atomic E-state index is -0.422. The van der Waals surface area contributed by atoms with Crippen LogP contribution < -0.4 is 11.1 Å². The van der Waals surface area contributed by atoms with E-state index in [1.54, 1.807) is 11.0 Å². The molecule has 1 aromatic heterocycles. The molecule has 2 aromatic rings. The van der Waals surface area contributed by atoms with E-state index in [9.17, 15) is 9.59 Å². The van der Waals surface area contributed by atoms with Gasteiger partial charge < -0.3 is 16.0 Å². The van der Waals surface area contributed by atoms with E-state index in [2.05, 4.69) is 10.4 Å². The first-order valence-corrected chi connectivity index (χ1v) is 9.01. The lowest BCUT2D eigenvalue weighted by atomic mass is 10.1. The number of hydrogen-bond acceptors (Lipinski definition) is 4. The zero-order chi connectivity index (χ0) is 18.4. The molecule has 0 bridgehead atoms. The normalized spacial score (nSPS) is 17.0. The van der Waals surface area contributed by atoms with Crippen LogP contribution in [-0.4, -0.2) is 46.1 Å². The van der Waals surface area contributed by atoms with Crippen LogP contribution in [0.25, 0.3) is 0 Å². The van der Waals surface area contributed by atoms with E-state index in [4.69, 9.17) is 5.73 Å². The van der Waals surface area contributed by atoms with Crippen LogP contribution in [0.5, 0.6) is 0 Å². The molecular formula is C19H25N5O2. The molecule has 0 saturated carbocycles. The second-order valence-electron chi connectivity index (χ2n) is 6.61. The Labute approximate surface area is 153 Å². The number of amides is 2. The third-order valence-corrected chi connectivity index (χ3v) is 4.60. The van der Waals surface area contributed by atoms with Gasteiger partial charge >= 0.3 is 0 Å². The summed E-state index contributed by atoms with van der Waals surface area (Å²) in [5.41, 5.74) is 6.67. The number of nitrogens with two attached hydrogens (primary N) is 1. The number of rotatable bonds is 7. The van der Waals surface area contributed by atoms with Gasteiger partial charge in [0, 0.05) is 32.3 Å². The van der Waals surface area contributed by atoms with E-state index in [-0.39, 0.29) is 24.9 Å². The standard InChI is InChI=1S/C19H25N5O2/c20-18(25)9-11-23(14-15-5-2-1-3-6-15)19(26)17-8-12-24(22-17)16-7-4-10-21-13-16/h1-3,5-6,8,12,16,21H,4,7,9-11,13-14H2,(H2,20,25). The predicted octanol–water partition coefficient (Wildman–Crippen LogP) is 1.33. The van der Waals surface area contributed by atoms with Gasteiger partial charge in [-0.15, -0.1) is 0 Å². The first kappa shape index (κ1) is 18.1. The highest BCUT2D eigenvalue weighted by molar-refractivity contribution is 5.92. The molecule has 1 unspecified atom stereocenters. The first-order chi connectivity index (χ1) is 12.6. The van der Waals surface area contributed by atoms with Gasteiger partial charge in [0.05, 0.1) is 6.04 Å². The summed E-state index contributed by atoms with van der Waals surface area (Å²) in [5, 5.41) is 7.85. The van der Waals surface area contributed by atoms with Crippen LogP contribution in [0.15, 0.2) is 42.6 Å². The minimum absolute atomic E-state index is 0.131. The Morgan fingerprint density at radius 2 is 2.08 bits per heavy atom. The molecule has 138 valence electrons. The number of nitrogens with one attached hydrogen (secondary N) is 1. The number of primary amides is 1. The molecule has 1 fully saturated rings. The fourth-order valence-electron chi connectivity index (χ4n) is 3.18. The molecule has 0 radical (unpaired) electrons. The molecule has 1 saturated heterocycles. The third kappa shape index (κ3) is 4.70. The molecule has 0 aliphatic carbocycles. The van der Waals surface area contributed by atoms with Crippen molar-refractivity contribution in [2.24, 2.45) is 5.73 Å². The molecule has 1 aliphatic rings. The molecule has 1 atom stereocenters. The van der Waals surface area contributed by atoms with Crippen molar-refractivity contribution in [1.29, 1.82) is 0 Å². The van der Waals surface area contributed by atoms with Crippen LogP contribution in [0.4, 0.5) is 0 Å². The quantitative estimate of drug-likeness (QED) is 0.783. The summed E-state index contributed by atoms with van der Waals surface area (Å²) >= 11 is 0. The van der Waals surface area contributed by atoms with Crippen molar-refractivity contribution in [2.45, 2.75) is 31.8 Å². The monoisotopic (exact) mass is 355 g/mol. The summed E-state index contributed by atoms with van der Waals surface area (Å²) in [5.74, 6) is -0.604. The number of benzene rings is 1. The van der Waals surface area contributed by atoms with Crippen molar-refractivity contribution in [1.82, 2.24) is 20.0 Å². The van der Waals surface area contributed by atoms with Crippen molar-refractivity contribution in [3.63, 3.8) is 0 Å². The molecular weight excluding hydrogens is 330 g/mol. The smallest absolute Gasteiger partial charge is 0.274 e. The van der Waals surface area contributed by atoms with E-state index in [1.807, 2.05) is 41.2 Å². The maximum atomic E-state index is 12.9. The lowest BCUT2D eigenvalue weighted by Crippen LogP contribution is -2.34. The van der Waals surface area contributed by atoms with E-state index in [1.165, 1.54) is 0 Å². The molecule has 1 aromatic carbocycles. The second-order valence-corrected chi connectivity index (χ2v) is 6.61. The number of piperidine rings is 1. The van der Waals surface area contributed by atoms with Gasteiger partial charge in [-0.1, -0.05) is 30.3 Å². The highest BCUT2D eigenvalue weighted by Crippen LogP contribution is 2.17. The average Bonchev–Trinajstić information content (AvgIpc) is 3.16. The van der Waals surface area contributed by atoms with Crippen molar-refractivity contribution < 1.29 is 9.59 Å². The van der Waals surface area contributed by atoms with Crippen LogP contribution >= 0.6 is 0 Å². The molecule has 7 heteroatoms. The van der Waals surface area contributed by atoms with Gasteiger partial charge in [-0.3, -0.25) is 14.3 Å². The highest BCUT2D eigenvalue weighted by Gasteiger charge is 2.22.